The van der Waals surface area contributed by atoms with E-state index >= 15 is 0 Å². The first-order chi connectivity index (χ1) is 14.5. The molecule has 0 spiro atoms. The van der Waals surface area contributed by atoms with Crippen LogP contribution in [0.1, 0.15) is 74.1 Å². The molecule has 2 heterocycles. The molecular weight excluding hydrogens is 392 g/mol. The van der Waals surface area contributed by atoms with E-state index in [-0.39, 0.29) is 30.4 Å². The Labute approximate surface area is 184 Å². The molecule has 0 fully saturated rings. The van der Waals surface area contributed by atoms with Crippen LogP contribution in [0.5, 0.6) is 0 Å². The van der Waals surface area contributed by atoms with Gasteiger partial charge in [-0.1, -0.05) is 44.5 Å². The molecular formula is C25H34N2O2S. The van der Waals surface area contributed by atoms with Crippen LogP contribution in [-0.4, -0.2) is 40.7 Å². The van der Waals surface area contributed by atoms with E-state index in [1.54, 1.807) is 16.2 Å². The van der Waals surface area contributed by atoms with Gasteiger partial charge in [0.05, 0.1) is 6.04 Å². The third kappa shape index (κ3) is 4.77. The Bertz CT molecular complexity index is 876. The maximum atomic E-state index is 13.6. The van der Waals surface area contributed by atoms with Crippen molar-refractivity contribution in [2.24, 2.45) is 0 Å². The highest BCUT2D eigenvalue weighted by atomic mass is 32.1. The van der Waals surface area contributed by atoms with Crippen molar-refractivity contribution in [3.05, 3.63) is 57.3 Å². The highest BCUT2D eigenvalue weighted by Crippen LogP contribution is 2.39. The molecule has 2 aromatic rings. The summed E-state index contributed by atoms with van der Waals surface area (Å²) in [5, 5.41) is 2.13. The number of unbranched alkanes of at least 4 members (excludes halogenated alkanes) is 1. The SMILES string of the molecule is CCCCC(=O)N(CC(=O)N1CCc2sccc2[C@@H]1c1ccccc1C)[C@H](C)CC. The maximum Gasteiger partial charge on any atom is 0.243 e. The third-order valence-electron chi connectivity index (χ3n) is 6.26. The van der Waals surface area contributed by atoms with E-state index in [2.05, 4.69) is 44.4 Å². The molecule has 162 valence electrons. The van der Waals surface area contributed by atoms with Gasteiger partial charge in [-0.2, -0.15) is 0 Å². The number of fused-ring (bicyclic) bond motifs is 1. The molecule has 0 N–H and O–H groups in total. The van der Waals surface area contributed by atoms with Gasteiger partial charge in [0.15, 0.2) is 0 Å². The number of carbonyl (C=O) groups is 2. The first-order valence-electron chi connectivity index (χ1n) is 11.2. The van der Waals surface area contributed by atoms with Crippen LogP contribution >= 0.6 is 11.3 Å². The molecule has 1 aromatic heterocycles. The predicted molar refractivity (Wildman–Crippen MR) is 124 cm³/mol. The number of amides is 2. The molecule has 0 saturated carbocycles. The molecule has 1 aromatic carbocycles. The molecule has 1 aliphatic heterocycles. The van der Waals surface area contributed by atoms with Crippen molar-refractivity contribution in [3.63, 3.8) is 0 Å². The van der Waals surface area contributed by atoms with E-state index in [0.717, 1.165) is 25.7 Å². The van der Waals surface area contributed by atoms with E-state index in [0.29, 0.717) is 13.0 Å². The lowest BCUT2D eigenvalue weighted by Gasteiger charge is -2.39. The number of thiophene rings is 1. The molecule has 0 saturated heterocycles. The van der Waals surface area contributed by atoms with Gasteiger partial charge in [0.2, 0.25) is 11.8 Å². The van der Waals surface area contributed by atoms with Gasteiger partial charge in [-0.3, -0.25) is 9.59 Å². The molecule has 0 bridgehead atoms. The van der Waals surface area contributed by atoms with Crippen LogP contribution in [0.3, 0.4) is 0 Å². The number of hydrogen-bond acceptors (Lipinski definition) is 3. The summed E-state index contributed by atoms with van der Waals surface area (Å²) in [4.78, 5) is 31.6. The number of aryl methyl sites for hydroxylation is 1. The fourth-order valence-electron chi connectivity index (χ4n) is 4.23. The lowest BCUT2D eigenvalue weighted by molar-refractivity contribution is -0.143. The third-order valence-corrected chi connectivity index (χ3v) is 7.26. The minimum absolute atomic E-state index is 0.0465. The molecule has 2 atom stereocenters. The Morgan fingerprint density at radius 3 is 2.67 bits per heavy atom. The van der Waals surface area contributed by atoms with E-state index in [1.165, 1.54) is 21.6 Å². The fraction of sp³-hybridized carbons (Fsp3) is 0.520. The van der Waals surface area contributed by atoms with Crippen LogP contribution in [0.4, 0.5) is 0 Å². The first-order valence-corrected chi connectivity index (χ1v) is 12.1. The van der Waals surface area contributed by atoms with Crippen molar-refractivity contribution >= 4 is 23.2 Å². The summed E-state index contributed by atoms with van der Waals surface area (Å²) in [6.45, 7) is 9.18. The minimum Gasteiger partial charge on any atom is -0.331 e. The quantitative estimate of drug-likeness (QED) is 0.571. The highest BCUT2D eigenvalue weighted by molar-refractivity contribution is 7.10. The molecule has 3 rings (SSSR count). The van der Waals surface area contributed by atoms with Crippen molar-refractivity contribution in [2.75, 3.05) is 13.1 Å². The summed E-state index contributed by atoms with van der Waals surface area (Å²) in [5.41, 5.74) is 3.61. The minimum atomic E-state index is -0.0711. The van der Waals surface area contributed by atoms with Crippen LogP contribution < -0.4 is 0 Å². The number of benzene rings is 1. The smallest absolute Gasteiger partial charge is 0.243 e. The predicted octanol–water partition coefficient (Wildman–Crippen LogP) is 5.35. The van der Waals surface area contributed by atoms with Crippen LogP contribution in [-0.2, 0) is 16.0 Å². The van der Waals surface area contributed by atoms with Crippen LogP contribution in [0.25, 0.3) is 0 Å². The highest BCUT2D eigenvalue weighted by Gasteiger charge is 2.35. The van der Waals surface area contributed by atoms with Crippen LogP contribution in [0.15, 0.2) is 35.7 Å². The zero-order valence-corrected chi connectivity index (χ0v) is 19.5. The van der Waals surface area contributed by atoms with E-state index in [1.807, 2.05) is 24.0 Å². The summed E-state index contributed by atoms with van der Waals surface area (Å²) in [6, 6.07) is 10.5. The lowest BCUT2D eigenvalue weighted by atomic mass is 9.90. The Kier molecular flexibility index (Phi) is 7.70. The summed E-state index contributed by atoms with van der Waals surface area (Å²) < 4.78 is 0. The normalized spacial score (nSPS) is 16.8. The number of hydrogen-bond donors (Lipinski definition) is 0. The largest absolute Gasteiger partial charge is 0.331 e. The van der Waals surface area contributed by atoms with E-state index < -0.39 is 0 Å². The second-order valence-corrected chi connectivity index (χ2v) is 9.28. The van der Waals surface area contributed by atoms with Crippen molar-refractivity contribution in [2.45, 2.75) is 71.9 Å². The van der Waals surface area contributed by atoms with Gasteiger partial charge in [0.25, 0.3) is 0 Å². The number of rotatable bonds is 8. The van der Waals surface area contributed by atoms with Gasteiger partial charge in [0.1, 0.15) is 6.54 Å². The molecule has 5 heteroatoms. The fourth-order valence-corrected chi connectivity index (χ4v) is 5.14. The summed E-state index contributed by atoms with van der Waals surface area (Å²) in [7, 11) is 0. The van der Waals surface area contributed by atoms with Gasteiger partial charge in [-0.05, 0) is 61.2 Å². The second kappa shape index (κ2) is 10.3. The number of carbonyl (C=O) groups excluding carboxylic acids is 2. The Morgan fingerprint density at radius 2 is 1.97 bits per heavy atom. The van der Waals surface area contributed by atoms with Gasteiger partial charge in [-0.15, -0.1) is 11.3 Å². The standard InChI is InChI=1S/C25H34N2O2S/c1-5-7-12-23(28)27(19(4)6-2)17-24(29)26-15-13-22-21(14-16-30-22)25(26)20-11-9-8-10-18(20)3/h8-11,14,16,19,25H,5-7,12-13,15,17H2,1-4H3/t19-,25+/m1/s1. The Morgan fingerprint density at radius 1 is 1.20 bits per heavy atom. The van der Waals surface area contributed by atoms with E-state index in [9.17, 15) is 9.59 Å². The lowest BCUT2D eigenvalue weighted by Crippen LogP contribution is -2.49. The van der Waals surface area contributed by atoms with E-state index in [4.69, 9.17) is 0 Å². The van der Waals surface area contributed by atoms with Crippen LogP contribution in [0.2, 0.25) is 0 Å². The topological polar surface area (TPSA) is 40.6 Å². The Hall–Kier alpha value is -2.14. The van der Waals surface area contributed by atoms with Crippen molar-refractivity contribution in [3.8, 4) is 0 Å². The molecule has 0 unspecified atom stereocenters. The average Bonchev–Trinajstić information content (AvgIpc) is 3.24. The van der Waals surface area contributed by atoms with Crippen molar-refractivity contribution in [1.82, 2.24) is 9.80 Å². The van der Waals surface area contributed by atoms with Crippen LogP contribution in [0, 0.1) is 6.92 Å². The van der Waals surface area contributed by atoms with Crippen molar-refractivity contribution < 1.29 is 9.59 Å². The molecule has 4 nitrogen and oxygen atoms in total. The number of nitrogens with zero attached hydrogens (tertiary/aromatic N) is 2. The average molecular weight is 427 g/mol. The first kappa shape index (κ1) is 22.5. The van der Waals surface area contributed by atoms with Gasteiger partial charge < -0.3 is 9.80 Å². The maximum absolute atomic E-state index is 13.6. The second-order valence-electron chi connectivity index (χ2n) is 8.28. The van der Waals surface area contributed by atoms with Gasteiger partial charge in [-0.25, -0.2) is 0 Å². The molecule has 1 aliphatic rings. The summed E-state index contributed by atoms with van der Waals surface area (Å²) in [5.74, 6) is 0.144. The molecule has 0 radical (unpaired) electrons. The molecule has 0 aliphatic carbocycles. The molecule has 2 amide bonds. The summed E-state index contributed by atoms with van der Waals surface area (Å²) >= 11 is 1.78. The Balaban J connectivity index is 1.89. The van der Waals surface area contributed by atoms with Gasteiger partial charge >= 0.3 is 0 Å². The summed E-state index contributed by atoms with van der Waals surface area (Å²) in [6.07, 6.45) is 4.10. The monoisotopic (exact) mass is 426 g/mol. The zero-order chi connectivity index (χ0) is 21.7. The van der Waals surface area contributed by atoms with Crippen molar-refractivity contribution in [1.29, 1.82) is 0 Å². The van der Waals surface area contributed by atoms with Gasteiger partial charge in [0, 0.05) is 23.9 Å². The molecule has 30 heavy (non-hydrogen) atoms. The zero-order valence-electron chi connectivity index (χ0n) is 18.7.